The van der Waals surface area contributed by atoms with Gasteiger partial charge >= 0.3 is 0 Å². The Morgan fingerprint density at radius 1 is 1.00 bits per heavy atom. The van der Waals surface area contributed by atoms with Crippen molar-refractivity contribution in [3.05, 3.63) is 69.7 Å². The van der Waals surface area contributed by atoms with Crippen molar-refractivity contribution in [2.45, 2.75) is 52.2 Å². The van der Waals surface area contributed by atoms with Gasteiger partial charge in [0.25, 0.3) is 0 Å². The van der Waals surface area contributed by atoms with E-state index in [0.717, 1.165) is 17.5 Å². The Balaban J connectivity index is 2.22. The maximum absolute atomic E-state index is 13.1. The third kappa shape index (κ3) is 6.54. The third-order valence-corrected chi connectivity index (χ3v) is 5.17. The zero-order chi connectivity index (χ0) is 20.7. The molecule has 1 N–H and O–H groups in total. The lowest BCUT2D eigenvalue weighted by Crippen LogP contribution is -2.49. The molecule has 0 heterocycles. The second-order valence-corrected chi connectivity index (χ2v) is 7.82. The van der Waals surface area contributed by atoms with E-state index in [1.807, 2.05) is 44.2 Å². The van der Waals surface area contributed by atoms with Gasteiger partial charge in [0.2, 0.25) is 11.8 Å². The Labute approximate surface area is 176 Å². The van der Waals surface area contributed by atoms with Crippen LogP contribution in [0.5, 0.6) is 0 Å². The fourth-order valence-electron chi connectivity index (χ4n) is 2.76. The summed E-state index contributed by atoms with van der Waals surface area (Å²) in [6, 6.07) is 13.9. The smallest absolute Gasteiger partial charge is 0.242 e. The molecule has 0 aliphatic heterocycles. The molecular formula is C22H26Cl2N2O2. The summed E-state index contributed by atoms with van der Waals surface area (Å²) in [5.41, 5.74) is 1.72. The first-order chi connectivity index (χ1) is 13.3. The maximum Gasteiger partial charge on any atom is 0.242 e. The van der Waals surface area contributed by atoms with Crippen LogP contribution in [0.2, 0.25) is 10.0 Å². The number of nitrogens with one attached hydrogen (secondary N) is 1. The summed E-state index contributed by atoms with van der Waals surface area (Å²) < 4.78 is 0. The second kappa shape index (κ2) is 10.5. The van der Waals surface area contributed by atoms with Gasteiger partial charge in [-0.05, 0) is 55.7 Å². The topological polar surface area (TPSA) is 49.4 Å². The molecule has 28 heavy (non-hydrogen) atoms. The molecule has 0 saturated heterocycles. The van der Waals surface area contributed by atoms with Crippen molar-refractivity contribution in [2.24, 2.45) is 0 Å². The highest BCUT2D eigenvalue weighted by Crippen LogP contribution is 2.17. The Morgan fingerprint density at radius 2 is 1.68 bits per heavy atom. The minimum Gasteiger partial charge on any atom is -0.352 e. The highest BCUT2D eigenvalue weighted by atomic mass is 35.5. The highest BCUT2D eigenvalue weighted by Gasteiger charge is 2.26. The van der Waals surface area contributed by atoms with Gasteiger partial charge in [-0.2, -0.15) is 0 Å². The standard InChI is InChI=1S/C22H26Cl2N2O2/c1-4-15(2)25-22(28)16(3)26(14-18-6-5-7-20(24)12-18)21(27)13-17-8-10-19(23)11-9-17/h5-12,15-16H,4,13-14H2,1-3H3,(H,25,28). The number of amides is 2. The molecule has 150 valence electrons. The van der Waals surface area contributed by atoms with Crippen molar-refractivity contribution < 1.29 is 9.59 Å². The Hall–Kier alpha value is -2.04. The van der Waals surface area contributed by atoms with E-state index in [0.29, 0.717) is 16.6 Å². The van der Waals surface area contributed by atoms with Gasteiger partial charge in [0, 0.05) is 22.6 Å². The van der Waals surface area contributed by atoms with Crippen LogP contribution in [-0.2, 0) is 22.6 Å². The number of hydrogen-bond donors (Lipinski definition) is 1. The minimum absolute atomic E-state index is 0.0503. The molecule has 0 aromatic heterocycles. The molecule has 4 nitrogen and oxygen atoms in total. The van der Waals surface area contributed by atoms with Crippen molar-refractivity contribution in [2.75, 3.05) is 0 Å². The zero-order valence-corrected chi connectivity index (χ0v) is 17.9. The fraction of sp³-hybridized carbons (Fsp3) is 0.364. The molecule has 0 bridgehead atoms. The van der Waals surface area contributed by atoms with Crippen molar-refractivity contribution in [3.63, 3.8) is 0 Å². The molecule has 2 rings (SSSR count). The summed E-state index contributed by atoms with van der Waals surface area (Å²) in [5.74, 6) is -0.296. The predicted molar refractivity (Wildman–Crippen MR) is 115 cm³/mol. The summed E-state index contributed by atoms with van der Waals surface area (Å²) in [4.78, 5) is 27.3. The number of hydrogen-bond acceptors (Lipinski definition) is 2. The molecule has 0 saturated carbocycles. The van der Waals surface area contributed by atoms with Crippen LogP contribution in [-0.4, -0.2) is 28.8 Å². The molecule has 2 aromatic carbocycles. The van der Waals surface area contributed by atoms with E-state index < -0.39 is 6.04 Å². The van der Waals surface area contributed by atoms with Crippen LogP contribution in [0.25, 0.3) is 0 Å². The number of halogens is 2. The first-order valence-corrected chi connectivity index (χ1v) is 10.1. The van der Waals surface area contributed by atoms with E-state index >= 15 is 0 Å². The average Bonchev–Trinajstić information content (AvgIpc) is 2.67. The lowest BCUT2D eigenvalue weighted by molar-refractivity contribution is -0.140. The summed E-state index contributed by atoms with van der Waals surface area (Å²) in [6.07, 6.45) is 1.02. The number of benzene rings is 2. The van der Waals surface area contributed by atoms with Crippen LogP contribution in [0, 0.1) is 0 Å². The highest BCUT2D eigenvalue weighted by molar-refractivity contribution is 6.30. The predicted octanol–water partition coefficient (Wildman–Crippen LogP) is 4.87. The van der Waals surface area contributed by atoms with Gasteiger partial charge in [-0.1, -0.05) is 54.4 Å². The van der Waals surface area contributed by atoms with Gasteiger partial charge in [-0.3, -0.25) is 9.59 Å². The molecule has 0 radical (unpaired) electrons. The van der Waals surface area contributed by atoms with Crippen molar-refractivity contribution >= 4 is 35.0 Å². The van der Waals surface area contributed by atoms with Crippen LogP contribution in [0.15, 0.2) is 48.5 Å². The Bertz CT molecular complexity index is 808. The summed E-state index contributed by atoms with van der Waals surface area (Å²) in [7, 11) is 0. The lowest BCUT2D eigenvalue weighted by Gasteiger charge is -2.30. The molecule has 2 atom stereocenters. The normalized spacial score (nSPS) is 12.9. The molecule has 2 aromatic rings. The van der Waals surface area contributed by atoms with Gasteiger partial charge < -0.3 is 10.2 Å². The van der Waals surface area contributed by atoms with Gasteiger partial charge in [-0.15, -0.1) is 0 Å². The third-order valence-electron chi connectivity index (χ3n) is 4.68. The molecule has 2 unspecified atom stereocenters. The lowest BCUT2D eigenvalue weighted by atomic mass is 10.1. The molecule has 0 aliphatic carbocycles. The second-order valence-electron chi connectivity index (χ2n) is 6.95. The van der Waals surface area contributed by atoms with E-state index in [1.54, 1.807) is 30.0 Å². The zero-order valence-electron chi connectivity index (χ0n) is 16.4. The van der Waals surface area contributed by atoms with E-state index in [-0.39, 0.29) is 24.3 Å². The quantitative estimate of drug-likeness (QED) is 0.661. The molecule has 0 aliphatic rings. The van der Waals surface area contributed by atoms with E-state index in [9.17, 15) is 9.59 Å². The first kappa shape index (κ1) is 22.3. The van der Waals surface area contributed by atoms with Gasteiger partial charge in [0.15, 0.2) is 0 Å². The van der Waals surface area contributed by atoms with Crippen molar-refractivity contribution in [1.29, 1.82) is 0 Å². The van der Waals surface area contributed by atoms with Crippen LogP contribution < -0.4 is 5.32 Å². The van der Waals surface area contributed by atoms with Crippen molar-refractivity contribution in [3.8, 4) is 0 Å². The first-order valence-electron chi connectivity index (χ1n) is 9.39. The number of rotatable bonds is 8. The van der Waals surface area contributed by atoms with E-state index in [1.165, 1.54) is 0 Å². The van der Waals surface area contributed by atoms with Gasteiger partial charge in [0.05, 0.1) is 6.42 Å². The van der Waals surface area contributed by atoms with Crippen LogP contribution in [0.3, 0.4) is 0 Å². The average molecular weight is 421 g/mol. The Kier molecular flexibility index (Phi) is 8.34. The fourth-order valence-corrected chi connectivity index (χ4v) is 3.10. The largest absolute Gasteiger partial charge is 0.352 e. The van der Waals surface area contributed by atoms with Gasteiger partial charge in [0.1, 0.15) is 6.04 Å². The number of carbonyl (C=O) groups excluding carboxylic acids is 2. The SMILES string of the molecule is CCC(C)NC(=O)C(C)N(Cc1cccc(Cl)c1)C(=O)Cc1ccc(Cl)cc1. The molecule has 6 heteroatoms. The molecule has 0 fully saturated rings. The van der Waals surface area contributed by atoms with E-state index in [2.05, 4.69) is 5.32 Å². The maximum atomic E-state index is 13.1. The van der Waals surface area contributed by atoms with Crippen LogP contribution in [0.1, 0.15) is 38.3 Å². The number of nitrogens with zero attached hydrogens (tertiary/aromatic N) is 1. The molecule has 0 spiro atoms. The van der Waals surface area contributed by atoms with Crippen LogP contribution in [0.4, 0.5) is 0 Å². The summed E-state index contributed by atoms with van der Waals surface area (Å²) in [5, 5.41) is 4.17. The monoisotopic (exact) mass is 420 g/mol. The molecular weight excluding hydrogens is 395 g/mol. The van der Waals surface area contributed by atoms with E-state index in [4.69, 9.17) is 23.2 Å². The van der Waals surface area contributed by atoms with Crippen LogP contribution >= 0.6 is 23.2 Å². The summed E-state index contributed by atoms with van der Waals surface area (Å²) >= 11 is 12.0. The summed E-state index contributed by atoms with van der Waals surface area (Å²) in [6.45, 7) is 6.01. The van der Waals surface area contributed by atoms with Crippen molar-refractivity contribution in [1.82, 2.24) is 10.2 Å². The minimum atomic E-state index is -0.604. The Morgan fingerprint density at radius 3 is 2.29 bits per heavy atom. The van der Waals surface area contributed by atoms with Gasteiger partial charge in [-0.25, -0.2) is 0 Å². The molecule has 2 amide bonds. The number of carbonyl (C=O) groups is 2.